The molecule has 5 heteroatoms. The predicted octanol–water partition coefficient (Wildman–Crippen LogP) is 3.36. The van der Waals surface area contributed by atoms with Gasteiger partial charge >= 0.3 is 0 Å². The first kappa shape index (κ1) is 12.7. The van der Waals surface area contributed by atoms with Crippen LogP contribution < -0.4 is 5.32 Å². The average Bonchev–Trinajstić information content (AvgIpc) is 2.91. The number of hydrogen-bond acceptors (Lipinski definition) is 4. The summed E-state index contributed by atoms with van der Waals surface area (Å²) in [6.45, 7) is 0. The number of hydrogen-bond donors (Lipinski definition) is 1. The van der Waals surface area contributed by atoms with E-state index in [1.54, 1.807) is 6.20 Å². The van der Waals surface area contributed by atoms with Crippen LogP contribution in [0, 0.1) is 0 Å². The number of aryl methyl sites for hydroxylation is 1. The molecule has 1 aliphatic rings. The fourth-order valence-electron chi connectivity index (χ4n) is 2.16. The number of anilines is 1. The number of thioether (sulfide) groups is 1. The minimum atomic E-state index is -0.00152. The predicted molar refractivity (Wildman–Crippen MR) is 79.9 cm³/mol. The van der Waals surface area contributed by atoms with Crippen molar-refractivity contribution in [3.8, 4) is 0 Å². The fourth-order valence-corrected chi connectivity index (χ4v) is 3.72. The second-order valence-corrected chi connectivity index (χ2v) is 6.49. The summed E-state index contributed by atoms with van der Waals surface area (Å²) in [4.78, 5) is 17.3. The van der Waals surface area contributed by atoms with Crippen LogP contribution in [0.2, 0.25) is 0 Å². The molecule has 1 aromatic carbocycles. The number of amides is 1. The van der Waals surface area contributed by atoms with Crippen LogP contribution in [0.4, 0.5) is 5.13 Å². The monoisotopic (exact) mass is 290 g/mol. The molecule has 0 aliphatic carbocycles. The summed E-state index contributed by atoms with van der Waals surface area (Å²) >= 11 is 3.35. The Bertz CT molecular complexity index is 581. The van der Waals surface area contributed by atoms with Crippen LogP contribution in [0.15, 0.2) is 34.7 Å². The number of fused-ring (bicyclic) bond motifs is 1. The van der Waals surface area contributed by atoms with E-state index in [1.807, 2.05) is 17.1 Å². The van der Waals surface area contributed by atoms with E-state index in [0.717, 1.165) is 12.0 Å². The van der Waals surface area contributed by atoms with Crippen LogP contribution >= 0.6 is 23.1 Å². The van der Waals surface area contributed by atoms with E-state index in [4.69, 9.17) is 0 Å². The molecule has 98 valence electrons. The zero-order chi connectivity index (χ0) is 13.1. The zero-order valence-electron chi connectivity index (χ0n) is 10.4. The molecule has 19 heavy (non-hydrogen) atoms. The van der Waals surface area contributed by atoms with Gasteiger partial charge in [0, 0.05) is 16.5 Å². The lowest BCUT2D eigenvalue weighted by Gasteiger charge is -2.15. The molecule has 0 saturated carbocycles. The van der Waals surface area contributed by atoms with Crippen molar-refractivity contribution in [2.75, 3.05) is 11.1 Å². The Hall–Kier alpha value is -1.33. The Morgan fingerprint density at radius 2 is 2.37 bits per heavy atom. The summed E-state index contributed by atoms with van der Waals surface area (Å²) in [5.41, 5.74) is 2.46. The molecule has 0 atom stereocenters. The lowest BCUT2D eigenvalue weighted by Crippen LogP contribution is -2.14. The first-order valence-corrected chi connectivity index (χ1v) is 8.12. The first-order chi connectivity index (χ1) is 9.31. The smallest absolute Gasteiger partial charge is 0.230 e. The van der Waals surface area contributed by atoms with Crippen LogP contribution in [0.5, 0.6) is 0 Å². The van der Waals surface area contributed by atoms with Gasteiger partial charge in [-0.2, -0.15) is 0 Å². The number of thiazole rings is 1. The van der Waals surface area contributed by atoms with Crippen molar-refractivity contribution in [3.63, 3.8) is 0 Å². The second-order valence-electron chi connectivity index (χ2n) is 4.46. The van der Waals surface area contributed by atoms with Gasteiger partial charge in [0.05, 0.1) is 6.42 Å². The first-order valence-electron chi connectivity index (χ1n) is 6.25. The van der Waals surface area contributed by atoms with Crippen molar-refractivity contribution in [2.45, 2.75) is 24.2 Å². The molecule has 3 nitrogen and oxygen atoms in total. The Kier molecular flexibility index (Phi) is 3.84. The Labute approximate surface area is 120 Å². The molecule has 0 spiro atoms. The maximum atomic E-state index is 11.9. The number of aromatic nitrogens is 1. The third kappa shape index (κ3) is 3.16. The highest BCUT2D eigenvalue weighted by atomic mass is 32.2. The Morgan fingerprint density at radius 1 is 1.42 bits per heavy atom. The summed E-state index contributed by atoms with van der Waals surface area (Å²) in [6.07, 6.45) is 4.46. The Morgan fingerprint density at radius 3 is 3.21 bits per heavy atom. The largest absolute Gasteiger partial charge is 0.302 e. The van der Waals surface area contributed by atoms with Crippen LogP contribution in [-0.2, 0) is 17.6 Å². The van der Waals surface area contributed by atoms with E-state index in [2.05, 4.69) is 28.5 Å². The van der Waals surface area contributed by atoms with Crippen LogP contribution in [0.25, 0.3) is 0 Å². The van der Waals surface area contributed by atoms with Crippen molar-refractivity contribution in [1.29, 1.82) is 0 Å². The molecule has 1 N–H and O–H groups in total. The SMILES string of the molecule is O=C(Cc1ccc2c(c1)CCCS2)Nc1nccs1. The van der Waals surface area contributed by atoms with E-state index in [-0.39, 0.29) is 5.91 Å². The molecule has 3 rings (SSSR count). The van der Waals surface area contributed by atoms with E-state index < -0.39 is 0 Å². The molecule has 0 fully saturated rings. The quantitative estimate of drug-likeness (QED) is 0.942. The highest BCUT2D eigenvalue weighted by molar-refractivity contribution is 7.99. The normalized spacial score (nSPS) is 13.9. The number of nitrogens with zero attached hydrogens (tertiary/aromatic N) is 1. The molecular weight excluding hydrogens is 276 g/mol. The highest BCUT2D eigenvalue weighted by Gasteiger charge is 2.12. The van der Waals surface area contributed by atoms with Crippen molar-refractivity contribution < 1.29 is 4.79 Å². The van der Waals surface area contributed by atoms with Crippen molar-refractivity contribution >= 4 is 34.1 Å². The summed E-state index contributed by atoms with van der Waals surface area (Å²) in [6, 6.07) is 6.37. The molecule has 0 radical (unpaired) electrons. The van der Waals surface area contributed by atoms with E-state index in [0.29, 0.717) is 11.6 Å². The second kappa shape index (κ2) is 5.75. The highest BCUT2D eigenvalue weighted by Crippen LogP contribution is 2.30. The van der Waals surface area contributed by atoms with Crippen LogP contribution in [0.3, 0.4) is 0 Å². The van der Waals surface area contributed by atoms with Gasteiger partial charge in [-0.25, -0.2) is 4.98 Å². The van der Waals surface area contributed by atoms with Gasteiger partial charge in [0.15, 0.2) is 5.13 Å². The lowest BCUT2D eigenvalue weighted by atomic mass is 10.0. The van der Waals surface area contributed by atoms with Gasteiger partial charge < -0.3 is 5.32 Å². The van der Waals surface area contributed by atoms with Crippen molar-refractivity contribution in [3.05, 3.63) is 40.9 Å². The van der Waals surface area contributed by atoms with Gasteiger partial charge in [0.1, 0.15) is 0 Å². The standard InChI is InChI=1S/C14H14N2OS2/c17-13(16-14-15-5-7-19-14)9-10-3-4-12-11(8-10)2-1-6-18-12/h3-5,7-8H,1-2,6,9H2,(H,15,16,17). The number of benzene rings is 1. The number of rotatable bonds is 3. The molecule has 0 unspecified atom stereocenters. The molecule has 1 amide bonds. The third-order valence-corrected chi connectivity index (χ3v) is 4.91. The van der Waals surface area contributed by atoms with Gasteiger partial charge in [-0.05, 0) is 35.8 Å². The maximum Gasteiger partial charge on any atom is 0.230 e. The van der Waals surface area contributed by atoms with Crippen LogP contribution in [0.1, 0.15) is 17.5 Å². The molecular formula is C14H14N2OS2. The van der Waals surface area contributed by atoms with Crippen molar-refractivity contribution in [1.82, 2.24) is 4.98 Å². The van der Waals surface area contributed by atoms with Crippen LogP contribution in [-0.4, -0.2) is 16.6 Å². The number of carbonyl (C=O) groups is 1. The Balaban J connectivity index is 1.67. The third-order valence-electron chi connectivity index (χ3n) is 3.02. The van der Waals surface area contributed by atoms with Gasteiger partial charge in [-0.3, -0.25) is 4.79 Å². The number of carbonyl (C=O) groups excluding carboxylic acids is 1. The molecule has 2 aromatic rings. The topological polar surface area (TPSA) is 42.0 Å². The van der Waals surface area contributed by atoms with Gasteiger partial charge in [-0.1, -0.05) is 12.1 Å². The molecule has 1 aromatic heterocycles. The molecule has 0 saturated heterocycles. The summed E-state index contributed by atoms with van der Waals surface area (Å²) in [5.74, 6) is 1.20. The summed E-state index contributed by atoms with van der Waals surface area (Å²) in [5, 5.41) is 5.33. The minimum Gasteiger partial charge on any atom is -0.302 e. The van der Waals surface area contributed by atoms with E-state index in [1.165, 1.54) is 34.0 Å². The van der Waals surface area contributed by atoms with Gasteiger partial charge in [-0.15, -0.1) is 23.1 Å². The maximum absolute atomic E-state index is 11.9. The summed E-state index contributed by atoms with van der Waals surface area (Å²) < 4.78 is 0. The average molecular weight is 290 g/mol. The number of nitrogens with one attached hydrogen (secondary N) is 1. The van der Waals surface area contributed by atoms with E-state index >= 15 is 0 Å². The zero-order valence-corrected chi connectivity index (χ0v) is 12.0. The fraction of sp³-hybridized carbons (Fsp3) is 0.286. The van der Waals surface area contributed by atoms with E-state index in [9.17, 15) is 4.79 Å². The van der Waals surface area contributed by atoms with Gasteiger partial charge in [0.25, 0.3) is 0 Å². The van der Waals surface area contributed by atoms with Crippen molar-refractivity contribution in [2.24, 2.45) is 0 Å². The molecule has 1 aliphatic heterocycles. The summed E-state index contributed by atoms with van der Waals surface area (Å²) in [7, 11) is 0. The lowest BCUT2D eigenvalue weighted by molar-refractivity contribution is -0.115. The molecule has 0 bridgehead atoms. The van der Waals surface area contributed by atoms with Gasteiger partial charge in [0.2, 0.25) is 5.91 Å². The minimum absolute atomic E-state index is 0.00152. The molecule has 2 heterocycles.